The first-order valence-electron chi connectivity index (χ1n) is 8.20. The van der Waals surface area contributed by atoms with E-state index in [4.69, 9.17) is 17.9 Å². The Hall–Kier alpha value is -2.69. The molecule has 0 unspecified atom stereocenters. The van der Waals surface area contributed by atoms with Crippen LogP contribution in [0.25, 0.3) is 22.2 Å². The number of halogens is 1. The Morgan fingerprint density at radius 3 is 2.56 bits per heavy atom. The fourth-order valence-electron chi connectivity index (χ4n) is 2.88. The molecule has 124 valence electrons. The zero-order valence-electron chi connectivity index (χ0n) is 13.7. The van der Waals surface area contributed by atoms with Crippen LogP contribution in [0, 0.1) is 5.82 Å². The van der Waals surface area contributed by atoms with Crippen LogP contribution in [0.3, 0.4) is 0 Å². The zero-order valence-corrected chi connectivity index (χ0v) is 13.7. The number of carboxylic acids is 1. The summed E-state index contributed by atoms with van der Waals surface area (Å²) >= 11 is 0. The van der Waals surface area contributed by atoms with Crippen molar-refractivity contribution in [1.29, 1.82) is 0 Å². The fraction of sp³-hybridized carbons (Fsp3) is 0.200. The van der Waals surface area contributed by atoms with Gasteiger partial charge in [-0.2, -0.15) is 0 Å². The molecular formula is C20H17BFNO2. The molecule has 3 aromatic rings. The quantitative estimate of drug-likeness (QED) is 0.554. The van der Waals surface area contributed by atoms with Gasteiger partial charge in [0.05, 0.1) is 11.2 Å². The number of benzene rings is 2. The standard InChI is InChI=1S/C20H17BFNO2/c21-16-7-10-18-15(12-16)11-14(3-1-2-4-19(24)25)20(23-18)13-5-8-17(22)9-6-13/h5-12H,1-4H2,(H,24,25). The highest BCUT2D eigenvalue weighted by molar-refractivity contribution is 6.33. The molecule has 2 radical (unpaired) electrons. The van der Waals surface area contributed by atoms with Gasteiger partial charge in [-0.25, -0.2) is 9.37 Å². The summed E-state index contributed by atoms with van der Waals surface area (Å²) in [5, 5.41) is 9.72. The van der Waals surface area contributed by atoms with Crippen LogP contribution in [0.2, 0.25) is 0 Å². The molecule has 0 saturated carbocycles. The van der Waals surface area contributed by atoms with Crippen LogP contribution < -0.4 is 5.46 Å². The summed E-state index contributed by atoms with van der Waals surface area (Å²) in [7, 11) is 5.86. The van der Waals surface area contributed by atoms with Gasteiger partial charge >= 0.3 is 5.97 Å². The van der Waals surface area contributed by atoms with Crippen molar-refractivity contribution in [3.63, 3.8) is 0 Å². The Morgan fingerprint density at radius 1 is 1.08 bits per heavy atom. The second-order valence-electron chi connectivity index (χ2n) is 6.06. The van der Waals surface area contributed by atoms with Crippen LogP contribution in [0.4, 0.5) is 4.39 Å². The molecule has 3 rings (SSSR count). The summed E-state index contributed by atoms with van der Waals surface area (Å²) in [4.78, 5) is 15.4. The molecule has 0 aliphatic heterocycles. The molecule has 25 heavy (non-hydrogen) atoms. The highest BCUT2D eigenvalue weighted by Crippen LogP contribution is 2.27. The monoisotopic (exact) mass is 333 g/mol. The molecule has 0 fully saturated rings. The number of carbonyl (C=O) groups is 1. The van der Waals surface area contributed by atoms with Gasteiger partial charge in [0, 0.05) is 12.0 Å². The van der Waals surface area contributed by atoms with Crippen LogP contribution >= 0.6 is 0 Å². The number of fused-ring (bicyclic) bond motifs is 1. The maximum absolute atomic E-state index is 13.2. The van der Waals surface area contributed by atoms with E-state index in [1.165, 1.54) is 12.1 Å². The molecule has 1 N–H and O–H groups in total. The van der Waals surface area contributed by atoms with Crippen molar-refractivity contribution in [2.24, 2.45) is 0 Å². The van der Waals surface area contributed by atoms with Gasteiger partial charge in [0.15, 0.2) is 0 Å². The molecule has 0 aliphatic carbocycles. The average Bonchev–Trinajstić information content (AvgIpc) is 2.58. The van der Waals surface area contributed by atoms with Crippen molar-refractivity contribution in [1.82, 2.24) is 4.98 Å². The summed E-state index contributed by atoms with van der Waals surface area (Å²) in [6.07, 6.45) is 2.21. The molecule has 0 bridgehead atoms. The molecule has 0 spiro atoms. The molecule has 1 heterocycles. The number of hydrogen-bond acceptors (Lipinski definition) is 2. The van der Waals surface area contributed by atoms with E-state index in [0.29, 0.717) is 18.3 Å². The second-order valence-corrected chi connectivity index (χ2v) is 6.06. The summed E-state index contributed by atoms with van der Waals surface area (Å²) in [5.41, 5.74) is 4.14. The lowest BCUT2D eigenvalue weighted by Gasteiger charge is -2.12. The number of aromatic nitrogens is 1. The maximum atomic E-state index is 13.2. The van der Waals surface area contributed by atoms with Crippen LogP contribution in [0.5, 0.6) is 0 Å². The van der Waals surface area contributed by atoms with E-state index in [9.17, 15) is 9.18 Å². The van der Waals surface area contributed by atoms with Gasteiger partial charge in [0.25, 0.3) is 0 Å². The lowest BCUT2D eigenvalue weighted by atomic mass is 9.93. The minimum absolute atomic E-state index is 0.153. The van der Waals surface area contributed by atoms with Gasteiger partial charge in [-0.15, -0.1) is 0 Å². The highest BCUT2D eigenvalue weighted by Gasteiger charge is 2.10. The Balaban J connectivity index is 1.99. The third-order valence-electron chi connectivity index (χ3n) is 4.12. The van der Waals surface area contributed by atoms with Gasteiger partial charge in [-0.1, -0.05) is 17.6 Å². The van der Waals surface area contributed by atoms with Crippen molar-refractivity contribution in [2.45, 2.75) is 25.7 Å². The molecule has 2 aromatic carbocycles. The largest absolute Gasteiger partial charge is 0.481 e. The Bertz CT molecular complexity index is 909. The van der Waals surface area contributed by atoms with E-state index in [2.05, 4.69) is 0 Å². The van der Waals surface area contributed by atoms with Crippen molar-refractivity contribution in [3.05, 3.63) is 59.9 Å². The van der Waals surface area contributed by atoms with E-state index in [0.717, 1.165) is 34.1 Å². The molecule has 0 atom stereocenters. The van der Waals surface area contributed by atoms with Gasteiger partial charge in [0.1, 0.15) is 13.7 Å². The maximum Gasteiger partial charge on any atom is 0.303 e. The van der Waals surface area contributed by atoms with E-state index >= 15 is 0 Å². The first-order valence-corrected chi connectivity index (χ1v) is 8.20. The molecule has 0 aliphatic rings. The van der Waals surface area contributed by atoms with Crippen molar-refractivity contribution in [2.75, 3.05) is 0 Å². The molecular weight excluding hydrogens is 316 g/mol. The number of nitrogens with zero attached hydrogens (tertiary/aromatic N) is 1. The number of aryl methyl sites for hydroxylation is 1. The van der Waals surface area contributed by atoms with Gasteiger partial charge in [-0.3, -0.25) is 4.79 Å². The Kier molecular flexibility index (Phi) is 5.12. The summed E-state index contributed by atoms with van der Waals surface area (Å²) < 4.78 is 13.2. The van der Waals surface area contributed by atoms with Crippen LogP contribution in [-0.2, 0) is 11.2 Å². The van der Waals surface area contributed by atoms with Gasteiger partial charge in [0.2, 0.25) is 0 Å². The number of rotatable bonds is 6. The lowest BCUT2D eigenvalue weighted by molar-refractivity contribution is -0.137. The fourth-order valence-corrected chi connectivity index (χ4v) is 2.88. The SMILES string of the molecule is [B]c1ccc2nc(-c3ccc(F)cc3)c(CCCCC(=O)O)cc2c1. The Morgan fingerprint density at radius 2 is 1.84 bits per heavy atom. The van der Waals surface area contributed by atoms with Crippen LogP contribution in [0.1, 0.15) is 24.8 Å². The van der Waals surface area contributed by atoms with Crippen LogP contribution in [-0.4, -0.2) is 23.9 Å². The highest BCUT2D eigenvalue weighted by atomic mass is 19.1. The van der Waals surface area contributed by atoms with E-state index in [1.807, 2.05) is 18.2 Å². The average molecular weight is 333 g/mol. The predicted molar refractivity (Wildman–Crippen MR) is 97.7 cm³/mol. The molecule has 1 aromatic heterocycles. The minimum Gasteiger partial charge on any atom is -0.481 e. The first kappa shape index (κ1) is 17.1. The first-order chi connectivity index (χ1) is 12.0. The third kappa shape index (κ3) is 4.24. The molecule has 0 amide bonds. The van der Waals surface area contributed by atoms with Crippen molar-refractivity contribution < 1.29 is 14.3 Å². The number of pyridine rings is 1. The van der Waals surface area contributed by atoms with Gasteiger partial charge < -0.3 is 5.11 Å². The summed E-state index contributed by atoms with van der Waals surface area (Å²) in [5.74, 6) is -1.08. The number of aliphatic carboxylic acids is 1. The van der Waals surface area contributed by atoms with Crippen LogP contribution in [0.15, 0.2) is 48.5 Å². The third-order valence-corrected chi connectivity index (χ3v) is 4.12. The predicted octanol–water partition coefficient (Wildman–Crippen LogP) is 3.63. The van der Waals surface area contributed by atoms with Gasteiger partial charge in [-0.05, 0) is 66.6 Å². The lowest BCUT2D eigenvalue weighted by Crippen LogP contribution is -2.02. The number of carboxylic acid groups (broad SMARTS) is 1. The van der Waals surface area contributed by atoms with E-state index in [-0.39, 0.29) is 12.2 Å². The normalized spacial score (nSPS) is 10.9. The molecule has 5 heteroatoms. The smallest absolute Gasteiger partial charge is 0.303 e. The summed E-state index contributed by atoms with van der Waals surface area (Å²) in [6, 6.07) is 13.8. The second kappa shape index (κ2) is 7.47. The van der Waals surface area contributed by atoms with Crippen molar-refractivity contribution >= 4 is 30.2 Å². The summed E-state index contributed by atoms with van der Waals surface area (Å²) in [6.45, 7) is 0. The topological polar surface area (TPSA) is 50.2 Å². The number of unbranched alkanes of at least 4 members (excludes halogenated alkanes) is 1. The van der Waals surface area contributed by atoms with Crippen molar-refractivity contribution in [3.8, 4) is 11.3 Å². The number of hydrogen-bond donors (Lipinski definition) is 1. The molecule has 0 saturated heterocycles. The van der Waals surface area contributed by atoms with E-state index < -0.39 is 5.97 Å². The van der Waals surface area contributed by atoms with E-state index in [1.54, 1.807) is 18.2 Å². The molecule has 3 nitrogen and oxygen atoms in total. The Labute approximate surface area is 146 Å². The minimum atomic E-state index is -0.789. The zero-order chi connectivity index (χ0) is 17.8.